The first-order valence-electron chi connectivity index (χ1n) is 5.62. The number of hydrogen-bond donors (Lipinski definition) is 1. The molecule has 0 aromatic carbocycles. The van der Waals surface area contributed by atoms with Crippen LogP contribution in [0.5, 0.6) is 0 Å². The van der Waals surface area contributed by atoms with Crippen molar-refractivity contribution in [3.8, 4) is 0 Å². The van der Waals surface area contributed by atoms with Gasteiger partial charge in [-0.3, -0.25) is 4.79 Å². The SMILES string of the molecule is O=C(CCNCCC(F)(F)F)N1CCOCC1. The third-order valence-corrected chi connectivity index (χ3v) is 2.46. The summed E-state index contributed by atoms with van der Waals surface area (Å²) in [7, 11) is 0. The van der Waals surface area contributed by atoms with Crippen molar-refractivity contribution < 1.29 is 22.7 Å². The molecule has 17 heavy (non-hydrogen) atoms. The van der Waals surface area contributed by atoms with Crippen LogP contribution in [0, 0.1) is 0 Å². The van der Waals surface area contributed by atoms with Crippen LogP contribution >= 0.6 is 0 Å². The maximum absolute atomic E-state index is 11.8. The molecule has 1 saturated heterocycles. The number of morpholine rings is 1. The number of nitrogens with zero attached hydrogens (tertiary/aromatic N) is 1. The van der Waals surface area contributed by atoms with Crippen molar-refractivity contribution in [2.45, 2.75) is 19.0 Å². The number of hydrogen-bond acceptors (Lipinski definition) is 3. The zero-order valence-electron chi connectivity index (χ0n) is 9.55. The summed E-state index contributed by atoms with van der Waals surface area (Å²) in [5.41, 5.74) is 0. The number of halogens is 3. The number of ether oxygens (including phenoxy) is 1. The minimum Gasteiger partial charge on any atom is -0.378 e. The van der Waals surface area contributed by atoms with Crippen molar-refractivity contribution in [2.75, 3.05) is 39.4 Å². The minimum atomic E-state index is -4.14. The smallest absolute Gasteiger partial charge is 0.378 e. The highest BCUT2D eigenvalue weighted by molar-refractivity contribution is 5.76. The predicted octanol–water partition coefficient (Wildman–Crippen LogP) is 0.777. The summed E-state index contributed by atoms with van der Waals surface area (Å²) < 4.78 is 40.5. The van der Waals surface area contributed by atoms with Gasteiger partial charge in [0.05, 0.1) is 19.6 Å². The molecule has 0 atom stereocenters. The molecule has 4 nitrogen and oxygen atoms in total. The van der Waals surface area contributed by atoms with E-state index in [9.17, 15) is 18.0 Å². The van der Waals surface area contributed by atoms with Gasteiger partial charge in [-0.15, -0.1) is 0 Å². The molecule has 0 unspecified atom stereocenters. The Hall–Kier alpha value is -0.820. The van der Waals surface area contributed by atoms with Crippen molar-refractivity contribution in [3.05, 3.63) is 0 Å². The van der Waals surface area contributed by atoms with Gasteiger partial charge in [0, 0.05) is 32.6 Å². The molecular weight excluding hydrogens is 237 g/mol. The quantitative estimate of drug-likeness (QED) is 0.737. The maximum atomic E-state index is 11.8. The first kappa shape index (κ1) is 14.2. The van der Waals surface area contributed by atoms with E-state index in [0.717, 1.165) is 0 Å². The molecule has 7 heteroatoms. The third kappa shape index (κ3) is 6.48. The summed E-state index contributed by atoms with van der Waals surface area (Å²) in [4.78, 5) is 13.2. The monoisotopic (exact) mass is 254 g/mol. The molecule has 0 radical (unpaired) electrons. The zero-order valence-corrected chi connectivity index (χ0v) is 9.55. The van der Waals surface area contributed by atoms with Gasteiger partial charge < -0.3 is 15.0 Å². The lowest BCUT2D eigenvalue weighted by atomic mass is 10.3. The van der Waals surface area contributed by atoms with Crippen LogP contribution in [-0.4, -0.2) is 56.4 Å². The Labute approximate surface area is 98.1 Å². The molecule has 1 fully saturated rings. The molecule has 1 rings (SSSR count). The standard InChI is InChI=1S/C10H17F3N2O2/c11-10(12,13)2-4-14-3-1-9(16)15-5-7-17-8-6-15/h14H,1-8H2. The molecular formula is C10H17F3N2O2. The normalized spacial score (nSPS) is 17.2. The van der Waals surface area contributed by atoms with E-state index in [0.29, 0.717) is 26.3 Å². The molecule has 1 aliphatic heterocycles. The van der Waals surface area contributed by atoms with Gasteiger partial charge in [-0.1, -0.05) is 0 Å². The van der Waals surface area contributed by atoms with Crippen molar-refractivity contribution in [3.63, 3.8) is 0 Å². The van der Waals surface area contributed by atoms with E-state index in [-0.39, 0.29) is 25.4 Å². The maximum Gasteiger partial charge on any atom is 0.390 e. The molecule has 1 heterocycles. The summed E-state index contributed by atoms with van der Waals surface area (Å²) in [6.45, 7) is 2.36. The first-order chi connectivity index (χ1) is 7.99. The highest BCUT2D eigenvalue weighted by atomic mass is 19.4. The van der Waals surface area contributed by atoms with Gasteiger partial charge in [0.25, 0.3) is 0 Å². The Kier molecular flexibility index (Phi) is 5.70. The van der Waals surface area contributed by atoms with Gasteiger partial charge in [0.2, 0.25) is 5.91 Å². The Bertz CT molecular complexity index is 240. The van der Waals surface area contributed by atoms with Gasteiger partial charge in [-0.05, 0) is 0 Å². The predicted molar refractivity (Wildman–Crippen MR) is 55.6 cm³/mol. The lowest BCUT2D eigenvalue weighted by molar-refractivity contribution is -0.135. The van der Waals surface area contributed by atoms with E-state index in [4.69, 9.17) is 4.74 Å². The molecule has 0 aromatic rings. The van der Waals surface area contributed by atoms with Gasteiger partial charge in [0.15, 0.2) is 0 Å². The molecule has 1 aliphatic rings. The Balaban J connectivity index is 2.04. The van der Waals surface area contributed by atoms with E-state index < -0.39 is 12.6 Å². The molecule has 0 aromatic heterocycles. The number of nitrogens with one attached hydrogen (secondary N) is 1. The second kappa shape index (κ2) is 6.80. The number of amides is 1. The Morgan fingerprint density at radius 3 is 2.47 bits per heavy atom. The van der Waals surface area contributed by atoms with E-state index in [1.807, 2.05) is 0 Å². The van der Waals surface area contributed by atoms with Crippen molar-refractivity contribution in [1.29, 1.82) is 0 Å². The van der Waals surface area contributed by atoms with Crippen LogP contribution < -0.4 is 5.32 Å². The molecule has 0 aliphatic carbocycles. The lowest BCUT2D eigenvalue weighted by Gasteiger charge is -2.26. The largest absolute Gasteiger partial charge is 0.390 e. The second-order valence-corrected chi connectivity index (χ2v) is 3.86. The number of alkyl halides is 3. The number of carbonyl (C=O) groups is 1. The van der Waals surface area contributed by atoms with Crippen LogP contribution in [0.2, 0.25) is 0 Å². The highest BCUT2D eigenvalue weighted by Gasteiger charge is 2.26. The van der Waals surface area contributed by atoms with Crippen LogP contribution in [0.25, 0.3) is 0 Å². The van der Waals surface area contributed by atoms with E-state index in [2.05, 4.69) is 5.32 Å². The average Bonchev–Trinajstić information content (AvgIpc) is 2.28. The molecule has 0 bridgehead atoms. The van der Waals surface area contributed by atoms with Crippen LogP contribution in [0.4, 0.5) is 13.2 Å². The fourth-order valence-electron chi connectivity index (χ4n) is 1.52. The van der Waals surface area contributed by atoms with Crippen molar-refractivity contribution >= 4 is 5.91 Å². The fourth-order valence-corrected chi connectivity index (χ4v) is 1.52. The highest BCUT2D eigenvalue weighted by Crippen LogP contribution is 2.18. The minimum absolute atomic E-state index is 0.0344. The zero-order chi connectivity index (χ0) is 12.7. The van der Waals surface area contributed by atoms with E-state index >= 15 is 0 Å². The Morgan fingerprint density at radius 2 is 1.88 bits per heavy atom. The van der Waals surface area contributed by atoms with Crippen LogP contribution in [0.15, 0.2) is 0 Å². The third-order valence-electron chi connectivity index (χ3n) is 2.46. The molecule has 1 N–H and O–H groups in total. The summed E-state index contributed by atoms with van der Waals surface area (Å²) >= 11 is 0. The van der Waals surface area contributed by atoms with E-state index in [1.54, 1.807) is 4.90 Å². The average molecular weight is 254 g/mol. The van der Waals surface area contributed by atoms with Crippen LogP contribution in [0.3, 0.4) is 0 Å². The Morgan fingerprint density at radius 1 is 1.24 bits per heavy atom. The molecule has 100 valence electrons. The van der Waals surface area contributed by atoms with E-state index in [1.165, 1.54) is 0 Å². The topological polar surface area (TPSA) is 41.6 Å². The van der Waals surface area contributed by atoms with Crippen molar-refractivity contribution in [1.82, 2.24) is 10.2 Å². The molecule has 1 amide bonds. The first-order valence-corrected chi connectivity index (χ1v) is 5.62. The van der Waals surface area contributed by atoms with Gasteiger partial charge in [0.1, 0.15) is 0 Å². The summed E-state index contributed by atoms with van der Waals surface area (Å²) in [5.74, 6) is -0.0344. The molecule has 0 spiro atoms. The van der Waals surface area contributed by atoms with Gasteiger partial charge >= 0.3 is 6.18 Å². The summed E-state index contributed by atoms with van der Waals surface area (Å²) in [6.07, 6.45) is -4.77. The lowest BCUT2D eigenvalue weighted by Crippen LogP contribution is -2.41. The van der Waals surface area contributed by atoms with Gasteiger partial charge in [-0.2, -0.15) is 13.2 Å². The summed E-state index contributed by atoms with van der Waals surface area (Å²) in [6, 6.07) is 0. The van der Waals surface area contributed by atoms with Crippen LogP contribution in [0.1, 0.15) is 12.8 Å². The summed E-state index contributed by atoms with van der Waals surface area (Å²) in [5, 5.41) is 2.61. The second-order valence-electron chi connectivity index (χ2n) is 3.86. The van der Waals surface area contributed by atoms with Crippen molar-refractivity contribution in [2.24, 2.45) is 0 Å². The number of rotatable bonds is 5. The fraction of sp³-hybridized carbons (Fsp3) is 0.900. The molecule has 0 saturated carbocycles. The van der Waals surface area contributed by atoms with Crippen LogP contribution in [-0.2, 0) is 9.53 Å². The van der Waals surface area contributed by atoms with Gasteiger partial charge in [-0.25, -0.2) is 0 Å². The number of carbonyl (C=O) groups excluding carboxylic acids is 1.